The van der Waals surface area contributed by atoms with Crippen LogP contribution in [0.15, 0.2) is 79.1 Å². The van der Waals surface area contributed by atoms with Gasteiger partial charge in [0.2, 0.25) is 0 Å². The summed E-state index contributed by atoms with van der Waals surface area (Å²) >= 11 is 1.82. The smallest absolute Gasteiger partial charge is 0.475 e. The van der Waals surface area contributed by atoms with E-state index in [-0.39, 0.29) is 0 Å². The number of nitrogens with zero attached hydrogens (tertiary/aromatic N) is 4. The van der Waals surface area contributed by atoms with E-state index in [1.54, 1.807) is 0 Å². The molecule has 0 amide bonds. The molecule has 3 aromatic heterocycles. The topological polar surface area (TPSA) is 98.4 Å². The Morgan fingerprint density at radius 2 is 1.38 bits per heavy atom. The molecule has 4 heterocycles. The molecule has 0 bridgehead atoms. The van der Waals surface area contributed by atoms with Crippen LogP contribution in [-0.2, 0) is 9.59 Å². The minimum absolute atomic E-state index is 0.980. The molecular formula is C30H26F6N4O4S. The van der Waals surface area contributed by atoms with Gasteiger partial charge in [-0.1, -0.05) is 30.3 Å². The van der Waals surface area contributed by atoms with E-state index >= 15 is 0 Å². The second kappa shape index (κ2) is 13.6. The van der Waals surface area contributed by atoms with Crippen molar-refractivity contribution in [3.63, 3.8) is 0 Å². The second-order valence-electron chi connectivity index (χ2n) is 9.88. The SMILES string of the molecule is CN1CCN(c2ccc(-c3ccn4c(-c5cc6ccccc6s5)cnc4c3)cc2)CC1.O=C(O)C(F)(F)F.O=C(O)C(F)(F)F. The molecule has 1 aliphatic heterocycles. The van der Waals surface area contributed by atoms with E-state index in [0.29, 0.717) is 0 Å². The molecule has 1 fully saturated rings. The average Bonchev–Trinajstić information content (AvgIpc) is 3.61. The molecule has 45 heavy (non-hydrogen) atoms. The van der Waals surface area contributed by atoms with E-state index < -0.39 is 24.3 Å². The van der Waals surface area contributed by atoms with Gasteiger partial charge in [-0.3, -0.25) is 4.40 Å². The molecule has 5 aromatic rings. The molecule has 8 nitrogen and oxygen atoms in total. The number of halogens is 6. The lowest BCUT2D eigenvalue weighted by molar-refractivity contribution is -0.193. The fraction of sp³-hybridized carbons (Fsp3) is 0.233. The third-order valence-corrected chi connectivity index (χ3v) is 7.88. The maximum absolute atomic E-state index is 10.6. The van der Waals surface area contributed by atoms with Crippen LogP contribution < -0.4 is 4.90 Å². The Morgan fingerprint density at radius 3 is 1.93 bits per heavy atom. The molecule has 0 spiro atoms. The summed E-state index contributed by atoms with van der Waals surface area (Å²) in [5, 5.41) is 15.5. The molecule has 15 heteroatoms. The van der Waals surface area contributed by atoms with Crippen molar-refractivity contribution in [2.45, 2.75) is 12.4 Å². The molecule has 238 valence electrons. The zero-order valence-corrected chi connectivity index (χ0v) is 24.3. The number of carboxylic acid groups (broad SMARTS) is 2. The molecule has 0 atom stereocenters. The zero-order chi connectivity index (χ0) is 32.9. The van der Waals surface area contributed by atoms with Gasteiger partial charge in [0.25, 0.3) is 0 Å². The van der Waals surface area contributed by atoms with Crippen LogP contribution in [0.5, 0.6) is 0 Å². The zero-order valence-electron chi connectivity index (χ0n) is 23.5. The van der Waals surface area contributed by atoms with Crippen LogP contribution in [0.3, 0.4) is 0 Å². The summed E-state index contributed by atoms with van der Waals surface area (Å²) < 4.78 is 67.0. The number of piperazine rings is 1. The van der Waals surface area contributed by atoms with Crippen LogP contribution >= 0.6 is 11.3 Å². The number of alkyl halides is 6. The highest BCUT2D eigenvalue weighted by Crippen LogP contribution is 2.34. The number of carbonyl (C=O) groups is 2. The van der Waals surface area contributed by atoms with Crippen molar-refractivity contribution in [2.75, 3.05) is 38.1 Å². The highest BCUT2D eigenvalue weighted by atomic mass is 32.1. The minimum Gasteiger partial charge on any atom is -0.475 e. The van der Waals surface area contributed by atoms with Crippen molar-refractivity contribution >= 4 is 44.7 Å². The number of hydrogen-bond acceptors (Lipinski definition) is 6. The normalized spacial score (nSPS) is 14.0. The number of pyridine rings is 1. The van der Waals surface area contributed by atoms with E-state index in [1.807, 2.05) is 17.5 Å². The Kier molecular flexibility index (Phi) is 10.0. The Bertz CT molecular complexity index is 1720. The summed E-state index contributed by atoms with van der Waals surface area (Å²) in [6.45, 7) is 4.44. The quantitative estimate of drug-likeness (QED) is 0.205. The van der Waals surface area contributed by atoms with Crippen molar-refractivity contribution in [1.29, 1.82) is 0 Å². The van der Waals surface area contributed by atoms with Crippen LogP contribution in [0.2, 0.25) is 0 Å². The first kappa shape index (κ1) is 33.3. The maximum atomic E-state index is 10.6. The van der Waals surface area contributed by atoms with Crippen LogP contribution in [0.25, 0.3) is 37.4 Å². The van der Waals surface area contributed by atoms with E-state index in [2.05, 4.69) is 94.2 Å². The molecule has 2 N–H and O–H groups in total. The number of aliphatic carboxylic acids is 2. The van der Waals surface area contributed by atoms with Gasteiger partial charge in [-0.05, 0) is 60.0 Å². The van der Waals surface area contributed by atoms with E-state index in [9.17, 15) is 26.3 Å². The summed E-state index contributed by atoms with van der Waals surface area (Å²) in [6, 6.07) is 24.1. The molecule has 2 aromatic carbocycles. The van der Waals surface area contributed by atoms with Gasteiger partial charge in [0.05, 0.1) is 16.8 Å². The summed E-state index contributed by atoms with van der Waals surface area (Å²) in [4.78, 5) is 28.6. The Morgan fingerprint density at radius 1 is 0.800 bits per heavy atom. The number of anilines is 1. The number of aromatic nitrogens is 2. The lowest BCUT2D eigenvalue weighted by Gasteiger charge is -2.34. The van der Waals surface area contributed by atoms with E-state index in [0.717, 1.165) is 37.5 Å². The van der Waals surface area contributed by atoms with Crippen molar-refractivity contribution in [1.82, 2.24) is 14.3 Å². The first-order valence-electron chi connectivity index (χ1n) is 13.2. The Labute approximate surface area is 256 Å². The van der Waals surface area contributed by atoms with Gasteiger partial charge in [-0.15, -0.1) is 11.3 Å². The minimum atomic E-state index is -5.08. The summed E-state index contributed by atoms with van der Waals surface area (Å²) in [5.74, 6) is -5.51. The van der Waals surface area contributed by atoms with Crippen molar-refractivity contribution in [3.8, 4) is 21.7 Å². The fourth-order valence-electron chi connectivity index (χ4n) is 4.38. The molecule has 0 radical (unpaired) electrons. The lowest BCUT2D eigenvalue weighted by atomic mass is 10.1. The van der Waals surface area contributed by atoms with Gasteiger partial charge < -0.3 is 20.0 Å². The van der Waals surface area contributed by atoms with E-state index in [1.165, 1.54) is 31.8 Å². The number of imidazole rings is 1. The number of likely N-dealkylation sites (N-methyl/N-ethyl adjacent to an activating group) is 1. The van der Waals surface area contributed by atoms with Crippen molar-refractivity contribution < 1.29 is 46.1 Å². The van der Waals surface area contributed by atoms with Crippen molar-refractivity contribution in [3.05, 3.63) is 79.1 Å². The van der Waals surface area contributed by atoms with Gasteiger partial charge in [0.1, 0.15) is 5.65 Å². The van der Waals surface area contributed by atoms with Gasteiger partial charge >= 0.3 is 24.3 Å². The van der Waals surface area contributed by atoms with Gasteiger partial charge in [-0.25, -0.2) is 14.6 Å². The second-order valence-corrected chi connectivity index (χ2v) is 11.0. The monoisotopic (exact) mass is 652 g/mol. The van der Waals surface area contributed by atoms with Gasteiger partial charge in [0.15, 0.2) is 0 Å². The van der Waals surface area contributed by atoms with Crippen LogP contribution in [0.1, 0.15) is 0 Å². The maximum Gasteiger partial charge on any atom is 0.490 e. The number of fused-ring (bicyclic) bond motifs is 2. The standard InChI is InChI=1S/C26H24N4S.2C2HF3O2/c1-28-12-14-29(15-13-28)22-8-6-19(7-9-22)20-10-11-30-23(18-27-26(30)17-20)25-16-21-4-2-3-5-24(21)31-25;2*3-2(4,5)1(6)7/h2-11,16-18H,12-15H2,1H3;2*(H,6,7). The number of hydrogen-bond donors (Lipinski definition) is 2. The Hall–Kier alpha value is -4.63. The van der Waals surface area contributed by atoms with Gasteiger partial charge in [-0.2, -0.15) is 26.3 Å². The average molecular weight is 653 g/mol. The lowest BCUT2D eigenvalue weighted by Crippen LogP contribution is -2.44. The number of carboxylic acids is 2. The van der Waals surface area contributed by atoms with E-state index in [4.69, 9.17) is 24.8 Å². The molecule has 1 saturated heterocycles. The van der Waals surface area contributed by atoms with Crippen LogP contribution in [-0.4, -0.2) is 82.0 Å². The molecular weight excluding hydrogens is 626 g/mol. The first-order chi connectivity index (χ1) is 21.1. The van der Waals surface area contributed by atoms with Crippen LogP contribution in [0, 0.1) is 0 Å². The molecule has 0 saturated carbocycles. The molecule has 6 rings (SSSR count). The summed E-state index contributed by atoms with van der Waals surface area (Å²) in [6.07, 6.45) is -6.04. The highest BCUT2D eigenvalue weighted by Gasteiger charge is 2.38. The predicted molar refractivity (Wildman–Crippen MR) is 159 cm³/mol. The van der Waals surface area contributed by atoms with Crippen LogP contribution in [0.4, 0.5) is 32.0 Å². The predicted octanol–water partition coefficient (Wildman–Crippen LogP) is 6.90. The number of thiophene rings is 1. The fourth-order valence-corrected chi connectivity index (χ4v) is 5.45. The third kappa shape index (κ3) is 8.51. The van der Waals surface area contributed by atoms with Gasteiger partial charge in [0, 0.05) is 42.8 Å². The molecule has 0 unspecified atom stereocenters. The third-order valence-electron chi connectivity index (χ3n) is 6.75. The highest BCUT2D eigenvalue weighted by molar-refractivity contribution is 7.22. The Balaban J connectivity index is 0.000000277. The van der Waals surface area contributed by atoms with Crippen molar-refractivity contribution in [2.24, 2.45) is 0 Å². The number of rotatable bonds is 3. The molecule has 0 aliphatic carbocycles. The summed E-state index contributed by atoms with van der Waals surface area (Å²) in [7, 11) is 2.19. The molecule has 1 aliphatic rings. The number of benzene rings is 2. The summed E-state index contributed by atoms with van der Waals surface area (Å²) in [5.41, 5.74) is 5.87. The first-order valence-corrected chi connectivity index (χ1v) is 14.1. The largest absolute Gasteiger partial charge is 0.490 e.